The summed E-state index contributed by atoms with van der Waals surface area (Å²) in [5, 5.41) is 3.35. The minimum atomic E-state index is -4.51. The van der Waals surface area contributed by atoms with E-state index in [-0.39, 0.29) is 17.8 Å². The first-order valence-electron chi connectivity index (χ1n) is 5.79. The van der Waals surface area contributed by atoms with Crippen molar-refractivity contribution < 1.29 is 17.9 Å². The topological polar surface area (TPSA) is 66.0 Å². The predicted molar refractivity (Wildman–Crippen MR) is 65.1 cm³/mol. The van der Waals surface area contributed by atoms with Crippen molar-refractivity contribution in [3.05, 3.63) is 35.7 Å². The molecule has 0 aliphatic carbocycles. The van der Waals surface area contributed by atoms with Gasteiger partial charge in [0.15, 0.2) is 5.69 Å². The average molecular weight is 286 g/mol. The molecule has 0 spiro atoms. The van der Waals surface area contributed by atoms with Crippen molar-refractivity contribution in [3.63, 3.8) is 0 Å². The third-order valence-electron chi connectivity index (χ3n) is 2.55. The van der Waals surface area contributed by atoms with Crippen molar-refractivity contribution in [1.82, 2.24) is 14.8 Å². The molecule has 2 aromatic heterocycles. The molecular formula is C12H13F3N4O. The van der Waals surface area contributed by atoms with Gasteiger partial charge in [-0.25, -0.2) is 9.67 Å². The average Bonchev–Trinajstić information content (AvgIpc) is 2.71. The third-order valence-corrected chi connectivity index (χ3v) is 2.55. The van der Waals surface area contributed by atoms with Crippen molar-refractivity contribution in [2.45, 2.75) is 19.1 Å². The van der Waals surface area contributed by atoms with E-state index in [1.54, 1.807) is 19.1 Å². The Kier molecular flexibility index (Phi) is 3.67. The summed E-state index contributed by atoms with van der Waals surface area (Å²) in [7, 11) is 1.36. The molecule has 2 rings (SSSR count). The molecule has 0 aliphatic heterocycles. The highest BCUT2D eigenvalue weighted by molar-refractivity contribution is 5.25. The first-order valence-corrected chi connectivity index (χ1v) is 5.79. The Hall–Kier alpha value is -2.09. The number of nitrogens with two attached hydrogens (primary N) is 1. The molecule has 0 amide bonds. The molecule has 0 fully saturated rings. The Bertz CT molecular complexity index is 607. The number of hydrogen-bond donors (Lipinski definition) is 1. The van der Waals surface area contributed by atoms with E-state index in [1.807, 2.05) is 0 Å². The van der Waals surface area contributed by atoms with E-state index >= 15 is 0 Å². The number of alkyl halides is 3. The SMILES string of the molecule is CC(N)c1cccc(Oc2cc(C(F)(F)F)nn2C)n1. The Labute approximate surface area is 113 Å². The first kappa shape index (κ1) is 14.3. The number of aryl methyl sites for hydroxylation is 1. The molecule has 0 saturated heterocycles. The molecular weight excluding hydrogens is 273 g/mol. The fourth-order valence-corrected chi connectivity index (χ4v) is 1.53. The number of halogens is 3. The quantitative estimate of drug-likeness (QED) is 0.942. The van der Waals surface area contributed by atoms with Crippen molar-refractivity contribution in [3.8, 4) is 11.8 Å². The van der Waals surface area contributed by atoms with Crippen molar-refractivity contribution >= 4 is 0 Å². The lowest BCUT2D eigenvalue weighted by atomic mass is 10.2. The second-order valence-corrected chi connectivity index (χ2v) is 4.28. The van der Waals surface area contributed by atoms with Crippen LogP contribution in [0.3, 0.4) is 0 Å². The summed E-state index contributed by atoms with van der Waals surface area (Å²) in [6, 6.07) is 5.44. The fraction of sp³-hybridized carbons (Fsp3) is 0.333. The summed E-state index contributed by atoms with van der Waals surface area (Å²) in [5.74, 6) is 0.114. The Balaban J connectivity index is 2.26. The number of rotatable bonds is 3. The standard InChI is InChI=1S/C12H13F3N4O/c1-7(16)8-4-3-5-10(17-8)20-11-6-9(12(13,14)15)18-19(11)2/h3-7H,16H2,1-2H3. The van der Waals surface area contributed by atoms with Crippen LogP contribution in [0.25, 0.3) is 0 Å². The number of aromatic nitrogens is 3. The van der Waals surface area contributed by atoms with E-state index in [1.165, 1.54) is 13.1 Å². The lowest BCUT2D eigenvalue weighted by Crippen LogP contribution is -2.07. The van der Waals surface area contributed by atoms with E-state index in [0.717, 1.165) is 10.7 Å². The van der Waals surface area contributed by atoms with Gasteiger partial charge in [0, 0.05) is 25.2 Å². The van der Waals surface area contributed by atoms with Gasteiger partial charge in [-0.05, 0) is 13.0 Å². The molecule has 0 aromatic carbocycles. The Morgan fingerprint density at radius 2 is 2.05 bits per heavy atom. The van der Waals surface area contributed by atoms with Gasteiger partial charge in [-0.1, -0.05) is 6.07 Å². The van der Waals surface area contributed by atoms with Gasteiger partial charge in [0.05, 0.1) is 5.69 Å². The maximum absolute atomic E-state index is 12.5. The smallest absolute Gasteiger partial charge is 0.421 e. The number of nitrogens with zero attached hydrogens (tertiary/aromatic N) is 3. The molecule has 2 N–H and O–H groups in total. The predicted octanol–water partition coefficient (Wildman–Crippen LogP) is 2.65. The molecule has 108 valence electrons. The molecule has 0 aliphatic rings. The molecule has 2 heterocycles. The molecule has 0 saturated carbocycles. The summed E-state index contributed by atoms with van der Waals surface area (Å²) in [4.78, 5) is 4.11. The van der Waals surface area contributed by atoms with Gasteiger partial charge < -0.3 is 10.5 Å². The summed E-state index contributed by atoms with van der Waals surface area (Å²) in [6.07, 6.45) is -4.51. The summed E-state index contributed by atoms with van der Waals surface area (Å²) in [6.45, 7) is 1.75. The Morgan fingerprint density at radius 1 is 1.35 bits per heavy atom. The van der Waals surface area contributed by atoms with Crippen molar-refractivity contribution in [2.24, 2.45) is 12.8 Å². The molecule has 0 bridgehead atoms. The maximum atomic E-state index is 12.5. The largest absolute Gasteiger partial charge is 0.435 e. The first-order chi connectivity index (χ1) is 9.27. The molecule has 1 unspecified atom stereocenters. The van der Waals surface area contributed by atoms with Crippen LogP contribution in [0, 0.1) is 0 Å². The van der Waals surface area contributed by atoms with Crippen LogP contribution < -0.4 is 10.5 Å². The van der Waals surface area contributed by atoms with Crippen molar-refractivity contribution in [1.29, 1.82) is 0 Å². The number of ether oxygens (including phenoxy) is 1. The highest BCUT2D eigenvalue weighted by atomic mass is 19.4. The lowest BCUT2D eigenvalue weighted by molar-refractivity contribution is -0.141. The fourth-order valence-electron chi connectivity index (χ4n) is 1.53. The molecule has 1 atom stereocenters. The second kappa shape index (κ2) is 5.12. The number of hydrogen-bond acceptors (Lipinski definition) is 4. The zero-order chi connectivity index (χ0) is 14.9. The summed E-state index contributed by atoms with van der Waals surface area (Å²) in [5.41, 5.74) is 5.25. The molecule has 20 heavy (non-hydrogen) atoms. The van der Waals surface area contributed by atoms with Crippen LogP contribution in [0.4, 0.5) is 13.2 Å². The lowest BCUT2D eigenvalue weighted by Gasteiger charge is -2.08. The van der Waals surface area contributed by atoms with Crippen molar-refractivity contribution in [2.75, 3.05) is 0 Å². The van der Waals surface area contributed by atoms with E-state index < -0.39 is 11.9 Å². The minimum Gasteiger partial charge on any atom is -0.421 e. The van der Waals surface area contributed by atoms with Gasteiger partial charge in [-0.15, -0.1) is 0 Å². The van der Waals surface area contributed by atoms with Crippen LogP contribution in [0.15, 0.2) is 24.3 Å². The second-order valence-electron chi connectivity index (χ2n) is 4.28. The van der Waals surface area contributed by atoms with Gasteiger partial charge in [-0.3, -0.25) is 0 Å². The molecule has 2 aromatic rings. The van der Waals surface area contributed by atoms with Gasteiger partial charge in [0.2, 0.25) is 11.8 Å². The molecule has 5 nitrogen and oxygen atoms in total. The van der Waals surface area contributed by atoms with Gasteiger partial charge in [0.25, 0.3) is 0 Å². The van der Waals surface area contributed by atoms with Crippen LogP contribution in [0.5, 0.6) is 11.8 Å². The Morgan fingerprint density at radius 3 is 2.60 bits per heavy atom. The summed E-state index contributed by atoms with van der Waals surface area (Å²) >= 11 is 0. The van der Waals surface area contributed by atoms with Crippen LogP contribution in [-0.2, 0) is 13.2 Å². The van der Waals surface area contributed by atoms with Gasteiger partial charge >= 0.3 is 6.18 Å². The van der Waals surface area contributed by atoms with Gasteiger partial charge in [0.1, 0.15) is 0 Å². The number of pyridine rings is 1. The summed E-state index contributed by atoms with van der Waals surface area (Å²) < 4.78 is 43.9. The molecule has 8 heteroatoms. The van der Waals surface area contributed by atoms with Crippen LogP contribution in [0.1, 0.15) is 24.4 Å². The van der Waals surface area contributed by atoms with E-state index in [0.29, 0.717) is 5.69 Å². The van der Waals surface area contributed by atoms with E-state index in [9.17, 15) is 13.2 Å². The van der Waals surface area contributed by atoms with Gasteiger partial charge in [-0.2, -0.15) is 18.3 Å². The normalized spacial score (nSPS) is 13.3. The highest BCUT2D eigenvalue weighted by Gasteiger charge is 2.35. The highest BCUT2D eigenvalue weighted by Crippen LogP contribution is 2.31. The van der Waals surface area contributed by atoms with E-state index in [2.05, 4.69) is 10.1 Å². The van der Waals surface area contributed by atoms with Crippen LogP contribution in [-0.4, -0.2) is 14.8 Å². The van der Waals surface area contributed by atoms with Crippen LogP contribution >= 0.6 is 0 Å². The maximum Gasteiger partial charge on any atom is 0.435 e. The third kappa shape index (κ3) is 3.08. The molecule has 0 radical (unpaired) electrons. The van der Waals surface area contributed by atoms with E-state index in [4.69, 9.17) is 10.5 Å². The van der Waals surface area contributed by atoms with Crippen LogP contribution in [0.2, 0.25) is 0 Å². The monoisotopic (exact) mass is 286 g/mol. The zero-order valence-corrected chi connectivity index (χ0v) is 10.8. The minimum absolute atomic E-state index is 0.0494. The zero-order valence-electron chi connectivity index (χ0n) is 10.8.